The van der Waals surface area contributed by atoms with Gasteiger partial charge in [-0.05, 0) is 42.5 Å². The maximum Gasteiger partial charge on any atom is 0.211 e. The number of pyridine rings is 2. The number of sulfonamides is 1. The van der Waals surface area contributed by atoms with Gasteiger partial charge < -0.3 is 10.2 Å². The molecule has 32 heavy (non-hydrogen) atoms. The quantitative estimate of drug-likeness (QED) is 0.610. The number of nitrogens with one attached hydrogen (secondary N) is 1. The van der Waals surface area contributed by atoms with E-state index < -0.39 is 10.0 Å². The van der Waals surface area contributed by atoms with Crippen molar-refractivity contribution in [2.75, 3.05) is 42.7 Å². The first kappa shape index (κ1) is 21.1. The standard InChI is InChI=1S/C22H24N6O2S2/c1-32(29,30)28-9-7-27(8-10-28)16-5-6-20(24-13-16)26-21-11-17-19(14-25-21)31-18(12-23)22(17)15-3-2-4-15/h5-6,11,13-15H,2-4,7-10H2,1H3,(H,24,25,26). The Balaban J connectivity index is 1.31. The van der Waals surface area contributed by atoms with Gasteiger partial charge in [0, 0.05) is 37.8 Å². The van der Waals surface area contributed by atoms with Crippen molar-refractivity contribution >= 4 is 48.8 Å². The topological polar surface area (TPSA) is 102 Å². The van der Waals surface area contributed by atoms with Crippen LogP contribution in [0, 0.1) is 11.3 Å². The summed E-state index contributed by atoms with van der Waals surface area (Å²) in [6.07, 6.45) is 8.40. The minimum Gasteiger partial charge on any atom is -0.368 e. The van der Waals surface area contributed by atoms with Crippen LogP contribution in [0.1, 0.15) is 35.6 Å². The zero-order valence-corrected chi connectivity index (χ0v) is 19.4. The van der Waals surface area contributed by atoms with E-state index in [2.05, 4.69) is 26.3 Å². The van der Waals surface area contributed by atoms with E-state index in [0.717, 1.165) is 33.5 Å². The molecule has 2 fully saturated rings. The van der Waals surface area contributed by atoms with E-state index in [-0.39, 0.29) is 0 Å². The number of thiophene rings is 1. The molecule has 0 amide bonds. The number of piperazine rings is 1. The van der Waals surface area contributed by atoms with Gasteiger partial charge >= 0.3 is 0 Å². The van der Waals surface area contributed by atoms with Crippen LogP contribution in [-0.2, 0) is 10.0 Å². The van der Waals surface area contributed by atoms with Gasteiger partial charge in [0.05, 0.1) is 22.8 Å². The molecule has 3 aromatic heterocycles. The summed E-state index contributed by atoms with van der Waals surface area (Å²) in [5.74, 6) is 1.88. The second-order valence-corrected chi connectivity index (χ2v) is 11.4. The van der Waals surface area contributed by atoms with E-state index in [1.165, 1.54) is 33.9 Å². The van der Waals surface area contributed by atoms with Crippen LogP contribution in [-0.4, -0.2) is 55.1 Å². The Kier molecular flexibility index (Phi) is 5.49. The number of hydrogen-bond donors (Lipinski definition) is 1. The van der Waals surface area contributed by atoms with Gasteiger partial charge in [0.25, 0.3) is 0 Å². The van der Waals surface area contributed by atoms with E-state index >= 15 is 0 Å². The predicted molar refractivity (Wildman–Crippen MR) is 127 cm³/mol. The van der Waals surface area contributed by atoms with E-state index in [0.29, 0.717) is 43.7 Å². The molecule has 4 heterocycles. The summed E-state index contributed by atoms with van der Waals surface area (Å²) in [6, 6.07) is 8.29. The monoisotopic (exact) mass is 468 g/mol. The first-order valence-electron chi connectivity index (χ1n) is 10.7. The van der Waals surface area contributed by atoms with Crippen molar-refractivity contribution in [3.63, 3.8) is 0 Å². The van der Waals surface area contributed by atoms with Gasteiger partial charge in [-0.1, -0.05) is 6.42 Å². The maximum absolute atomic E-state index is 11.7. The normalized spacial score (nSPS) is 17.8. The Hall–Kier alpha value is -2.74. The van der Waals surface area contributed by atoms with E-state index in [4.69, 9.17) is 0 Å². The fourth-order valence-electron chi connectivity index (χ4n) is 4.33. The van der Waals surface area contributed by atoms with Crippen molar-refractivity contribution in [2.45, 2.75) is 25.2 Å². The van der Waals surface area contributed by atoms with Crippen LogP contribution >= 0.6 is 11.3 Å². The predicted octanol–water partition coefficient (Wildman–Crippen LogP) is 3.66. The Labute approximate surface area is 191 Å². The van der Waals surface area contributed by atoms with Gasteiger partial charge in [-0.25, -0.2) is 18.4 Å². The first-order chi connectivity index (χ1) is 15.4. The van der Waals surface area contributed by atoms with Crippen LogP contribution in [0.25, 0.3) is 10.1 Å². The molecule has 3 aromatic rings. The Morgan fingerprint density at radius 2 is 1.88 bits per heavy atom. The molecule has 1 aliphatic carbocycles. The fourth-order valence-corrected chi connectivity index (χ4v) is 6.19. The summed E-state index contributed by atoms with van der Waals surface area (Å²) in [7, 11) is -3.14. The van der Waals surface area contributed by atoms with Gasteiger partial charge in [0.15, 0.2) is 0 Å². The maximum atomic E-state index is 11.7. The second-order valence-electron chi connectivity index (χ2n) is 8.33. The highest BCUT2D eigenvalue weighted by molar-refractivity contribution is 7.88. The van der Waals surface area contributed by atoms with Gasteiger partial charge in [0.1, 0.15) is 22.6 Å². The molecule has 8 nitrogen and oxygen atoms in total. The minimum atomic E-state index is -3.14. The van der Waals surface area contributed by atoms with Crippen molar-refractivity contribution in [1.82, 2.24) is 14.3 Å². The molecule has 5 rings (SSSR count). The van der Waals surface area contributed by atoms with Crippen LogP contribution in [0.2, 0.25) is 0 Å². The molecule has 1 N–H and O–H groups in total. The number of hydrogen-bond acceptors (Lipinski definition) is 8. The zero-order valence-electron chi connectivity index (χ0n) is 17.8. The van der Waals surface area contributed by atoms with Gasteiger partial charge in [-0.15, -0.1) is 11.3 Å². The number of aromatic nitrogens is 2. The second kappa shape index (κ2) is 8.31. The minimum absolute atomic E-state index is 0.481. The number of fused-ring (bicyclic) bond motifs is 1. The summed E-state index contributed by atoms with van der Waals surface area (Å²) in [5, 5.41) is 14.0. The highest BCUT2D eigenvalue weighted by atomic mass is 32.2. The van der Waals surface area contributed by atoms with E-state index in [9.17, 15) is 13.7 Å². The third kappa shape index (κ3) is 4.03. The highest BCUT2D eigenvalue weighted by Crippen LogP contribution is 2.45. The molecule has 0 bridgehead atoms. The van der Waals surface area contributed by atoms with Crippen LogP contribution in [0.3, 0.4) is 0 Å². The lowest BCUT2D eigenvalue weighted by Gasteiger charge is -2.34. The number of nitrogens with zero attached hydrogens (tertiary/aromatic N) is 5. The van der Waals surface area contributed by atoms with Crippen molar-refractivity contribution in [3.8, 4) is 6.07 Å². The Bertz CT molecular complexity index is 1280. The molecular formula is C22H24N6O2S2. The molecule has 2 aliphatic rings. The molecule has 0 atom stereocenters. The average molecular weight is 469 g/mol. The van der Waals surface area contributed by atoms with E-state index in [1.807, 2.05) is 24.4 Å². The number of rotatable bonds is 5. The lowest BCUT2D eigenvalue weighted by Crippen LogP contribution is -2.48. The smallest absolute Gasteiger partial charge is 0.211 e. The molecule has 1 aliphatic heterocycles. The Morgan fingerprint density at radius 3 is 2.47 bits per heavy atom. The average Bonchev–Trinajstić information content (AvgIpc) is 3.10. The van der Waals surface area contributed by atoms with Gasteiger partial charge in [0.2, 0.25) is 10.0 Å². The summed E-state index contributed by atoms with van der Waals surface area (Å²) in [4.78, 5) is 12.0. The summed E-state index contributed by atoms with van der Waals surface area (Å²) in [5.41, 5.74) is 2.15. The van der Waals surface area contributed by atoms with Crippen molar-refractivity contribution < 1.29 is 8.42 Å². The third-order valence-corrected chi connectivity index (χ3v) is 8.67. The fraction of sp³-hybridized carbons (Fsp3) is 0.409. The number of nitriles is 1. The van der Waals surface area contributed by atoms with Gasteiger partial charge in [-0.3, -0.25) is 0 Å². The molecule has 10 heteroatoms. The lowest BCUT2D eigenvalue weighted by atomic mass is 9.79. The van der Waals surface area contributed by atoms with Crippen LogP contribution < -0.4 is 10.2 Å². The SMILES string of the molecule is CS(=O)(=O)N1CCN(c2ccc(Nc3cc4c(C5CCC5)c(C#N)sc4cn3)nc2)CC1. The molecule has 1 saturated carbocycles. The highest BCUT2D eigenvalue weighted by Gasteiger charge is 2.27. The third-order valence-electron chi connectivity index (χ3n) is 6.31. The molecule has 0 aromatic carbocycles. The van der Waals surface area contributed by atoms with Crippen LogP contribution in [0.15, 0.2) is 30.6 Å². The van der Waals surface area contributed by atoms with E-state index in [1.54, 1.807) is 6.20 Å². The lowest BCUT2D eigenvalue weighted by molar-refractivity contribution is 0.388. The summed E-state index contributed by atoms with van der Waals surface area (Å²) >= 11 is 1.52. The molecule has 1 saturated heterocycles. The van der Waals surface area contributed by atoms with Gasteiger partial charge in [-0.2, -0.15) is 9.57 Å². The van der Waals surface area contributed by atoms with Crippen molar-refractivity contribution in [2.24, 2.45) is 0 Å². The summed E-state index contributed by atoms with van der Waals surface area (Å²) in [6.45, 7) is 2.25. The number of anilines is 3. The summed E-state index contributed by atoms with van der Waals surface area (Å²) < 4.78 is 25.9. The molecule has 0 unspecified atom stereocenters. The molecule has 0 radical (unpaired) electrons. The molecule has 0 spiro atoms. The van der Waals surface area contributed by atoms with Crippen molar-refractivity contribution in [1.29, 1.82) is 5.26 Å². The van der Waals surface area contributed by atoms with Crippen LogP contribution in [0.5, 0.6) is 0 Å². The zero-order chi connectivity index (χ0) is 22.3. The molecular weight excluding hydrogens is 444 g/mol. The van der Waals surface area contributed by atoms with Crippen LogP contribution in [0.4, 0.5) is 17.3 Å². The largest absolute Gasteiger partial charge is 0.368 e. The first-order valence-corrected chi connectivity index (χ1v) is 13.3. The molecule has 166 valence electrons. The Morgan fingerprint density at radius 1 is 1.12 bits per heavy atom. The van der Waals surface area contributed by atoms with Crippen molar-refractivity contribution in [3.05, 3.63) is 41.0 Å².